The zero-order valence-electron chi connectivity index (χ0n) is 25.3. The molecule has 45 heavy (non-hydrogen) atoms. The molecule has 10 heteroatoms. The van der Waals surface area contributed by atoms with Crippen LogP contribution < -0.4 is 9.62 Å². The normalized spacial score (nSPS) is 11.9. The molecule has 0 radical (unpaired) electrons. The number of carbonyl (C=O) groups excluding carboxylic acids is 2. The third-order valence-electron chi connectivity index (χ3n) is 7.38. The molecule has 2 amide bonds. The summed E-state index contributed by atoms with van der Waals surface area (Å²) in [5.41, 5.74) is 2.59. The molecule has 1 unspecified atom stereocenters. The Bertz CT molecular complexity index is 1700. The van der Waals surface area contributed by atoms with Gasteiger partial charge in [-0.25, -0.2) is 8.42 Å². The Labute approximate surface area is 275 Å². The monoisotopic (exact) mass is 665 g/mol. The van der Waals surface area contributed by atoms with Gasteiger partial charge in [0.2, 0.25) is 11.8 Å². The summed E-state index contributed by atoms with van der Waals surface area (Å²) < 4.78 is 29.3. The van der Waals surface area contributed by atoms with Crippen LogP contribution >= 0.6 is 23.2 Å². The van der Waals surface area contributed by atoms with Gasteiger partial charge in [-0.1, -0.05) is 109 Å². The molecule has 0 fully saturated rings. The van der Waals surface area contributed by atoms with E-state index in [0.717, 1.165) is 28.3 Å². The number of halogens is 2. The second-order valence-electron chi connectivity index (χ2n) is 10.8. The average Bonchev–Trinajstić information content (AvgIpc) is 3.03. The molecule has 0 aliphatic carbocycles. The molecule has 0 aliphatic rings. The Morgan fingerprint density at radius 2 is 1.56 bits per heavy atom. The van der Waals surface area contributed by atoms with Crippen molar-refractivity contribution in [3.05, 3.63) is 130 Å². The molecule has 0 spiro atoms. The van der Waals surface area contributed by atoms with Crippen LogP contribution in [-0.4, -0.2) is 44.3 Å². The highest BCUT2D eigenvalue weighted by Crippen LogP contribution is 2.28. The van der Waals surface area contributed by atoms with E-state index in [4.69, 9.17) is 23.2 Å². The van der Waals surface area contributed by atoms with Crippen molar-refractivity contribution in [3.8, 4) is 0 Å². The van der Waals surface area contributed by atoms with Crippen molar-refractivity contribution in [3.63, 3.8) is 0 Å². The minimum atomic E-state index is -4.22. The molecule has 4 aromatic carbocycles. The number of hydrogen-bond acceptors (Lipinski definition) is 4. The van der Waals surface area contributed by atoms with Gasteiger partial charge in [-0.15, -0.1) is 0 Å². The lowest BCUT2D eigenvalue weighted by Gasteiger charge is -2.34. The van der Waals surface area contributed by atoms with Crippen LogP contribution in [0.3, 0.4) is 0 Å². The Morgan fingerprint density at radius 1 is 0.867 bits per heavy atom. The third-order valence-corrected chi connectivity index (χ3v) is 9.78. The van der Waals surface area contributed by atoms with E-state index in [1.54, 1.807) is 54.6 Å². The van der Waals surface area contributed by atoms with Crippen LogP contribution in [0.4, 0.5) is 5.69 Å². The van der Waals surface area contributed by atoms with Crippen LogP contribution in [-0.2, 0) is 32.6 Å². The summed E-state index contributed by atoms with van der Waals surface area (Å²) in [5, 5.41) is 3.72. The lowest BCUT2D eigenvalue weighted by molar-refractivity contribution is -0.140. The predicted molar refractivity (Wildman–Crippen MR) is 181 cm³/mol. The highest BCUT2D eigenvalue weighted by molar-refractivity contribution is 7.92. The largest absolute Gasteiger partial charge is 0.354 e. The van der Waals surface area contributed by atoms with Gasteiger partial charge >= 0.3 is 0 Å². The zero-order valence-corrected chi connectivity index (χ0v) is 27.7. The third kappa shape index (κ3) is 9.10. The maximum atomic E-state index is 14.5. The number of carbonyl (C=O) groups is 2. The molecule has 0 saturated heterocycles. The molecule has 7 nitrogen and oxygen atoms in total. The maximum absolute atomic E-state index is 14.5. The van der Waals surface area contributed by atoms with Gasteiger partial charge in [-0.3, -0.25) is 13.9 Å². The Kier molecular flexibility index (Phi) is 12.0. The SMILES string of the molecule is CCCCNC(=O)C(Cc1ccccc1)N(Cc1ccccc1Cl)C(=O)CN(c1cccc(Cl)c1)S(=O)(=O)c1ccc(C)cc1. The molecule has 236 valence electrons. The molecule has 4 rings (SSSR count). The zero-order chi connectivity index (χ0) is 32.4. The van der Waals surface area contributed by atoms with Gasteiger partial charge in [0, 0.05) is 29.6 Å². The summed E-state index contributed by atoms with van der Waals surface area (Å²) in [6.07, 6.45) is 1.88. The van der Waals surface area contributed by atoms with Gasteiger partial charge in [0.05, 0.1) is 10.6 Å². The molecule has 0 heterocycles. The number of nitrogens with zero attached hydrogens (tertiary/aromatic N) is 2. The highest BCUT2D eigenvalue weighted by Gasteiger charge is 2.35. The van der Waals surface area contributed by atoms with E-state index < -0.39 is 28.5 Å². The summed E-state index contributed by atoms with van der Waals surface area (Å²) in [5.74, 6) is -0.902. The first-order chi connectivity index (χ1) is 21.6. The topological polar surface area (TPSA) is 86.8 Å². The first-order valence-corrected chi connectivity index (χ1v) is 17.0. The molecule has 1 atom stereocenters. The van der Waals surface area contributed by atoms with Crippen LogP contribution in [0.5, 0.6) is 0 Å². The number of unbranched alkanes of at least 4 members (excludes halogenated alkanes) is 1. The molecule has 0 bridgehead atoms. The second kappa shape index (κ2) is 15.9. The quantitative estimate of drug-likeness (QED) is 0.146. The molecule has 1 N–H and O–H groups in total. The lowest BCUT2D eigenvalue weighted by atomic mass is 10.0. The number of hydrogen-bond donors (Lipinski definition) is 1. The fourth-order valence-corrected chi connectivity index (χ4v) is 6.65. The van der Waals surface area contributed by atoms with E-state index in [1.807, 2.05) is 44.2 Å². The van der Waals surface area contributed by atoms with E-state index in [9.17, 15) is 18.0 Å². The van der Waals surface area contributed by atoms with Gasteiger partial charge in [-0.2, -0.15) is 0 Å². The van der Waals surface area contributed by atoms with Crippen LogP contribution in [0.25, 0.3) is 0 Å². The van der Waals surface area contributed by atoms with Crippen molar-refractivity contribution < 1.29 is 18.0 Å². The predicted octanol–water partition coefficient (Wildman–Crippen LogP) is 7.05. The molecule has 0 aromatic heterocycles. The number of benzene rings is 4. The fraction of sp³-hybridized carbons (Fsp3) is 0.257. The second-order valence-corrected chi connectivity index (χ2v) is 13.5. The first-order valence-electron chi connectivity index (χ1n) is 14.8. The fourth-order valence-electron chi connectivity index (χ4n) is 4.87. The standard InChI is InChI=1S/C35H37Cl2N3O4S/c1-3-4-21-38-35(42)33(22-27-11-6-5-7-12-27)39(24-28-13-8-9-16-32(28)37)34(41)25-40(30-15-10-14-29(36)23-30)45(43,44)31-19-17-26(2)18-20-31/h5-20,23,33H,3-4,21-22,24-25H2,1-2H3,(H,38,42). The van der Waals surface area contributed by atoms with Crippen LogP contribution in [0, 0.1) is 6.92 Å². The number of anilines is 1. The van der Waals surface area contributed by atoms with Crippen molar-refractivity contribution >= 4 is 50.7 Å². The molecule has 0 aliphatic heterocycles. The number of sulfonamides is 1. The molecule has 0 saturated carbocycles. The minimum Gasteiger partial charge on any atom is -0.354 e. The van der Waals surface area contributed by atoms with E-state index in [2.05, 4.69) is 5.32 Å². The summed E-state index contributed by atoms with van der Waals surface area (Å²) in [7, 11) is -4.22. The van der Waals surface area contributed by atoms with Gasteiger partial charge in [0.25, 0.3) is 10.0 Å². The Balaban J connectivity index is 1.80. The molecule has 4 aromatic rings. The van der Waals surface area contributed by atoms with Crippen molar-refractivity contribution in [1.82, 2.24) is 10.2 Å². The van der Waals surface area contributed by atoms with Gasteiger partial charge in [0.1, 0.15) is 12.6 Å². The van der Waals surface area contributed by atoms with Crippen molar-refractivity contribution in [2.45, 2.75) is 50.6 Å². The number of aryl methyl sites for hydroxylation is 1. The van der Waals surface area contributed by atoms with Gasteiger partial charge < -0.3 is 10.2 Å². The summed E-state index contributed by atoms with van der Waals surface area (Å²) >= 11 is 12.8. The van der Waals surface area contributed by atoms with Crippen molar-refractivity contribution in [1.29, 1.82) is 0 Å². The van der Waals surface area contributed by atoms with Crippen LogP contribution in [0.1, 0.15) is 36.5 Å². The summed E-state index contributed by atoms with van der Waals surface area (Å²) in [6.45, 7) is 3.75. The van der Waals surface area contributed by atoms with Crippen LogP contribution in [0.15, 0.2) is 108 Å². The average molecular weight is 667 g/mol. The smallest absolute Gasteiger partial charge is 0.264 e. The first kappa shape index (κ1) is 34.0. The van der Waals surface area contributed by atoms with E-state index in [0.29, 0.717) is 22.2 Å². The maximum Gasteiger partial charge on any atom is 0.264 e. The van der Waals surface area contributed by atoms with E-state index in [-0.39, 0.29) is 29.5 Å². The number of rotatable bonds is 14. The Hall–Kier alpha value is -3.85. The number of amides is 2. The van der Waals surface area contributed by atoms with Crippen LogP contribution in [0.2, 0.25) is 10.0 Å². The summed E-state index contributed by atoms with van der Waals surface area (Å²) in [6, 6.07) is 28.3. The molecular weight excluding hydrogens is 629 g/mol. The van der Waals surface area contributed by atoms with E-state index in [1.165, 1.54) is 23.1 Å². The lowest BCUT2D eigenvalue weighted by Crippen LogP contribution is -2.53. The number of nitrogens with one attached hydrogen (secondary N) is 1. The van der Waals surface area contributed by atoms with Crippen molar-refractivity contribution in [2.75, 3.05) is 17.4 Å². The minimum absolute atomic E-state index is 0.00876. The molecular formula is C35H37Cl2N3O4S. The van der Waals surface area contributed by atoms with E-state index >= 15 is 0 Å². The highest BCUT2D eigenvalue weighted by atomic mass is 35.5. The summed E-state index contributed by atoms with van der Waals surface area (Å²) in [4.78, 5) is 29.7. The van der Waals surface area contributed by atoms with Gasteiger partial charge in [-0.05, 0) is 60.9 Å². The van der Waals surface area contributed by atoms with Crippen molar-refractivity contribution in [2.24, 2.45) is 0 Å². The van der Waals surface area contributed by atoms with Gasteiger partial charge in [0.15, 0.2) is 0 Å². The Morgan fingerprint density at radius 3 is 2.22 bits per heavy atom.